The molecular weight excluding hydrogens is 366 g/mol. The number of hydrazine groups is 1. The smallest absolute Gasteiger partial charge is 0.235 e. The standard InChI is InChI=1S/C27H23N3/c1-2-29(22-11-5-3-6-12-22)30(23-13-7-4-8-14-23)20-21-17-18-27-25(19-21)24-15-9-10-16-26(24)28-27/h3-20H,2H2,1H3/p+1. The highest BCUT2D eigenvalue weighted by atomic mass is 15.6. The number of para-hydroxylation sites is 3. The van der Waals surface area contributed by atoms with Crippen molar-refractivity contribution in [3.8, 4) is 0 Å². The van der Waals surface area contributed by atoms with Gasteiger partial charge in [0.1, 0.15) is 0 Å². The summed E-state index contributed by atoms with van der Waals surface area (Å²) in [4.78, 5) is 3.51. The van der Waals surface area contributed by atoms with E-state index in [1.54, 1.807) is 0 Å². The molecule has 1 aromatic heterocycles. The van der Waals surface area contributed by atoms with Gasteiger partial charge in [-0.15, -0.1) is 5.01 Å². The lowest BCUT2D eigenvalue weighted by atomic mass is 10.1. The van der Waals surface area contributed by atoms with Crippen LogP contribution in [0, 0.1) is 0 Å². The Balaban J connectivity index is 1.68. The lowest BCUT2D eigenvalue weighted by molar-refractivity contribution is -0.450. The van der Waals surface area contributed by atoms with E-state index in [9.17, 15) is 0 Å². The van der Waals surface area contributed by atoms with Gasteiger partial charge in [-0.25, -0.2) is 0 Å². The van der Waals surface area contributed by atoms with Crippen LogP contribution in [0.1, 0.15) is 12.5 Å². The molecule has 0 aliphatic heterocycles. The average molecular weight is 391 g/mol. The van der Waals surface area contributed by atoms with Crippen molar-refractivity contribution in [2.24, 2.45) is 0 Å². The molecule has 146 valence electrons. The summed E-state index contributed by atoms with van der Waals surface area (Å²) in [5.41, 5.74) is 5.78. The zero-order valence-electron chi connectivity index (χ0n) is 17.0. The van der Waals surface area contributed by atoms with Crippen molar-refractivity contribution in [3.05, 3.63) is 109 Å². The third-order valence-corrected chi connectivity index (χ3v) is 5.44. The maximum Gasteiger partial charge on any atom is 0.235 e. The van der Waals surface area contributed by atoms with Crippen LogP contribution >= 0.6 is 0 Å². The number of fused-ring (bicyclic) bond motifs is 3. The Bertz CT molecular complexity index is 1320. The Morgan fingerprint density at radius 1 is 0.733 bits per heavy atom. The Morgan fingerprint density at radius 3 is 2.17 bits per heavy atom. The van der Waals surface area contributed by atoms with Crippen molar-refractivity contribution in [3.63, 3.8) is 0 Å². The van der Waals surface area contributed by atoms with E-state index in [-0.39, 0.29) is 0 Å². The van der Waals surface area contributed by atoms with Crippen molar-refractivity contribution < 1.29 is 4.68 Å². The summed E-state index contributed by atoms with van der Waals surface area (Å²) in [5, 5.41) is 4.79. The molecule has 5 rings (SSSR count). The summed E-state index contributed by atoms with van der Waals surface area (Å²) in [6.07, 6.45) is 2.22. The van der Waals surface area contributed by atoms with Crippen LogP contribution in [0.15, 0.2) is 103 Å². The summed E-state index contributed by atoms with van der Waals surface area (Å²) in [6, 6.07) is 36.1. The number of nitrogens with zero attached hydrogens (tertiary/aromatic N) is 2. The van der Waals surface area contributed by atoms with Gasteiger partial charge in [-0.1, -0.05) is 59.3 Å². The molecule has 0 fully saturated rings. The third-order valence-electron chi connectivity index (χ3n) is 5.44. The fraction of sp³-hybridized carbons (Fsp3) is 0.0741. The first-order valence-electron chi connectivity index (χ1n) is 10.4. The Hall–Kier alpha value is -3.85. The monoisotopic (exact) mass is 390 g/mol. The number of benzene rings is 4. The fourth-order valence-electron chi connectivity index (χ4n) is 4.01. The van der Waals surface area contributed by atoms with Crippen LogP contribution in [0.25, 0.3) is 21.8 Å². The summed E-state index contributed by atoms with van der Waals surface area (Å²) in [7, 11) is 0. The summed E-state index contributed by atoms with van der Waals surface area (Å²) >= 11 is 0. The zero-order valence-corrected chi connectivity index (χ0v) is 17.0. The van der Waals surface area contributed by atoms with Crippen LogP contribution in [0.5, 0.6) is 0 Å². The molecular formula is C27H24N3+. The fourth-order valence-corrected chi connectivity index (χ4v) is 4.01. The van der Waals surface area contributed by atoms with E-state index in [2.05, 4.69) is 131 Å². The van der Waals surface area contributed by atoms with Gasteiger partial charge in [0, 0.05) is 39.5 Å². The third kappa shape index (κ3) is 3.35. The second-order valence-electron chi connectivity index (χ2n) is 7.34. The number of hydrazone groups is 1. The van der Waals surface area contributed by atoms with Gasteiger partial charge in [-0.05, 0) is 43.3 Å². The Kier molecular flexibility index (Phi) is 4.78. The molecule has 0 unspecified atom stereocenters. The van der Waals surface area contributed by atoms with Gasteiger partial charge in [0.2, 0.25) is 11.9 Å². The molecule has 0 aliphatic rings. The first-order chi connectivity index (χ1) is 14.8. The van der Waals surface area contributed by atoms with Gasteiger partial charge in [0.05, 0.1) is 12.2 Å². The number of nitrogens with one attached hydrogen (secondary N) is 1. The zero-order chi connectivity index (χ0) is 20.3. The van der Waals surface area contributed by atoms with E-state index in [4.69, 9.17) is 0 Å². The molecule has 3 nitrogen and oxygen atoms in total. The van der Waals surface area contributed by atoms with E-state index >= 15 is 0 Å². The molecule has 5 aromatic rings. The maximum atomic E-state index is 3.51. The van der Waals surface area contributed by atoms with Crippen LogP contribution in [-0.2, 0) is 0 Å². The molecule has 0 aliphatic carbocycles. The van der Waals surface area contributed by atoms with Crippen LogP contribution in [0.4, 0.5) is 11.4 Å². The van der Waals surface area contributed by atoms with Gasteiger partial charge in [-0.3, -0.25) is 0 Å². The number of hydrogen-bond acceptors (Lipinski definition) is 1. The molecule has 1 N–H and O–H groups in total. The average Bonchev–Trinajstić information content (AvgIpc) is 3.18. The Morgan fingerprint density at radius 2 is 1.40 bits per heavy atom. The van der Waals surface area contributed by atoms with E-state index < -0.39 is 0 Å². The predicted molar refractivity (Wildman–Crippen MR) is 127 cm³/mol. The molecule has 0 radical (unpaired) electrons. The second kappa shape index (κ2) is 7.88. The molecule has 0 saturated carbocycles. The van der Waals surface area contributed by atoms with Crippen molar-refractivity contribution in [2.75, 3.05) is 11.6 Å². The largest absolute Gasteiger partial charge is 0.355 e. The quantitative estimate of drug-likeness (QED) is 0.206. The van der Waals surface area contributed by atoms with Crippen LogP contribution in [0.3, 0.4) is 0 Å². The molecule has 0 spiro atoms. The van der Waals surface area contributed by atoms with E-state index in [0.717, 1.165) is 29.0 Å². The minimum absolute atomic E-state index is 0.852. The summed E-state index contributed by atoms with van der Waals surface area (Å²) in [6.45, 7) is 3.03. The van der Waals surface area contributed by atoms with E-state index in [1.807, 2.05) is 0 Å². The van der Waals surface area contributed by atoms with Crippen molar-refractivity contribution >= 4 is 39.4 Å². The van der Waals surface area contributed by atoms with Gasteiger partial charge in [-0.2, -0.15) is 0 Å². The highest BCUT2D eigenvalue weighted by molar-refractivity contribution is 6.08. The first-order valence-corrected chi connectivity index (χ1v) is 10.4. The SMILES string of the molecule is CCN(c1ccccc1)[N+](=Cc1ccc2[nH]c3ccccc3c2c1)c1ccccc1. The maximum absolute atomic E-state index is 3.51. The summed E-state index contributed by atoms with van der Waals surface area (Å²) in [5.74, 6) is 0. The molecule has 30 heavy (non-hydrogen) atoms. The number of aromatic nitrogens is 1. The lowest BCUT2D eigenvalue weighted by Gasteiger charge is -2.19. The minimum atomic E-state index is 0.852. The second-order valence-corrected chi connectivity index (χ2v) is 7.34. The molecule has 4 aromatic carbocycles. The molecule has 0 bridgehead atoms. The van der Waals surface area contributed by atoms with Crippen molar-refractivity contribution in [2.45, 2.75) is 6.92 Å². The van der Waals surface area contributed by atoms with E-state index in [1.165, 1.54) is 16.3 Å². The number of H-pyrrole nitrogens is 1. The van der Waals surface area contributed by atoms with Gasteiger partial charge in [0.25, 0.3) is 0 Å². The first kappa shape index (κ1) is 18.2. The normalized spacial score (nSPS) is 11.8. The number of rotatable bonds is 5. The lowest BCUT2D eigenvalue weighted by Crippen LogP contribution is -2.33. The van der Waals surface area contributed by atoms with Crippen LogP contribution in [0.2, 0.25) is 0 Å². The minimum Gasteiger partial charge on any atom is -0.355 e. The molecule has 0 saturated heterocycles. The molecule has 3 heteroatoms. The number of anilines is 1. The van der Waals surface area contributed by atoms with Gasteiger partial charge >= 0.3 is 0 Å². The Labute approximate surface area is 176 Å². The topological polar surface area (TPSA) is 22.0 Å². The summed E-state index contributed by atoms with van der Waals surface area (Å²) < 4.78 is 2.24. The van der Waals surface area contributed by atoms with Crippen LogP contribution < -0.4 is 5.01 Å². The van der Waals surface area contributed by atoms with Gasteiger partial charge in [0.15, 0.2) is 0 Å². The molecule has 1 heterocycles. The molecule has 0 atom stereocenters. The van der Waals surface area contributed by atoms with Crippen LogP contribution in [-0.4, -0.2) is 22.4 Å². The van der Waals surface area contributed by atoms with E-state index in [0.29, 0.717) is 0 Å². The molecule has 0 amide bonds. The van der Waals surface area contributed by atoms with Crippen molar-refractivity contribution in [1.29, 1.82) is 0 Å². The highest BCUT2D eigenvalue weighted by Crippen LogP contribution is 2.26. The number of hydrogen-bond donors (Lipinski definition) is 1. The van der Waals surface area contributed by atoms with Gasteiger partial charge < -0.3 is 4.98 Å². The highest BCUT2D eigenvalue weighted by Gasteiger charge is 2.20. The van der Waals surface area contributed by atoms with Crippen molar-refractivity contribution in [1.82, 2.24) is 4.98 Å². The number of aromatic amines is 1. The predicted octanol–water partition coefficient (Wildman–Crippen LogP) is 6.53.